The quantitative estimate of drug-likeness (QED) is 0.190. The molecule has 2 heterocycles. The third-order valence-corrected chi connectivity index (χ3v) is 9.49. The summed E-state index contributed by atoms with van der Waals surface area (Å²) in [4.78, 5) is 7.18. The number of nitrogens with zero attached hydrogens (tertiary/aromatic N) is 2. The summed E-state index contributed by atoms with van der Waals surface area (Å²) in [5.41, 5.74) is 9.69. The molecule has 0 bridgehead atoms. The second kappa shape index (κ2) is 11.0. The lowest BCUT2D eigenvalue weighted by atomic mass is 9.98. The minimum Gasteiger partial charge on any atom is -0.456 e. The molecule has 230 valence electrons. The Morgan fingerprint density at radius 1 is 0.429 bits per heavy atom. The zero-order valence-corrected chi connectivity index (χ0v) is 26.4. The monoisotopic (exact) mass is 628 g/mol. The molecular weight excluding hydrogens is 601 g/mol. The zero-order valence-electron chi connectivity index (χ0n) is 26.4. The maximum atomic E-state index is 6.42. The van der Waals surface area contributed by atoms with Gasteiger partial charge < -0.3 is 13.7 Å². The van der Waals surface area contributed by atoms with Gasteiger partial charge in [0.25, 0.3) is 0 Å². The van der Waals surface area contributed by atoms with Gasteiger partial charge in [-0.15, -0.1) is 0 Å². The molecule has 0 spiro atoms. The Morgan fingerprint density at radius 2 is 1.08 bits per heavy atom. The van der Waals surface area contributed by atoms with Crippen molar-refractivity contribution in [2.75, 3.05) is 4.90 Å². The summed E-state index contributed by atoms with van der Waals surface area (Å²) >= 11 is 0. The second-order valence-electron chi connectivity index (χ2n) is 12.4. The topological polar surface area (TPSA) is 42.4 Å². The molecule has 0 fully saturated rings. The van der Waals surface area contributed by atoms with Gasteiger partial charge in [-0.3, -0.25) is 0 Å². The van der Waals surface area contributed by atoms with Crippen molar-refractivity contribution in [1.82, 2.24) is 4.98 Å². The maximum Gasteiger partial charge on any atom is 0.228 e. The van der Waals surface area contributed by atoms with Gasteiger partial charge in [-0.1, -0.05) is 109 Å². The summed E-state index contributed by atoms with van der Waals surface area (Å²) in [6.07, 6.45) is 0. The first-order chi connectivity index (χ1) is 24.3. The summed E-state index contributed by atoms with van der Waals surface area (Å²) in [6.45, 7) is 0. The van der Waals surface area contributed by atoms with Gasteiger partial charge in [0, 0.05) is 33.1 Å². The highest BCUT2D eigenvalue weighted by atomic mass is 16.3. The van der Waals surface area contributed by atoms with E-state index in [4.69, 9.17) is 13.8 Å². The Bertz CT molecular complexity index is 2800. The molecule has 0 atom stereocenters. The lowest BCUT2D eigenvalue weighted by Crippen LogP contribution is -2.10. The normalized spacial score (nSPS) is 11.7. The van der Waals surface area contributed by atoms with Crippen LogP contribution in [0.4, 0.5) is 17.1 Å². The molecule has 4 nitrogen and oxygen atoms in total. The maximum absolute atomic E-state index is 6.42. The lowest BCUT2D eigenvalue weighted by Gasteiger charge is -2.27. The van der Waals surface area contributed by atoms with E-state index in [2.05, 4.69) is 138 Å². The van der Waals surface area contributed by atoms with E-state index in [0.29, 0.717) is 5.89 Å². The Balaban J connectivity index is 1.17. The van der Waals surface area contributed by atoms with Crippen molar-refractivity contribution in [2.45, 2.75) is 0 Å². The number of oxazole rings is 1. The Kier molecular flexibility index (Phi) is 6.15. The van der Waals surface area contributed by atoms with Gasteiger partial charge in [-0.05, 0) is 87.9 Å². The summed E-state index contributed by atoms with van der Waals surface area (Å²) in [6, 6.07) is 59.4. The number of fused-ring (bicyclic) bond motifs is 6. The molecule has 0 saturated carbocycles. The van der Waals surface area contributed by atoms with Crippen LogP contribution in [0.2, 0.25) is 0 Å². The van der Waals surface area contributed by atoms with E-state index in [1.54, 1.807) is 0 Å². The van der Waals surface area contributed by atoms with Crippen LogP contribution in [0.15, 0.2) is 179 Å². The minimum atomic E-state index is 0.579. The van der Waals surface area contributed by atoms with E-state index in [1.807, 2.05) is 36.4 Å². The van der Waals surface area contributed by atoms with Crippen molar-refractivity contribution >= 4 is 71.6 Å². The van der Waals surface area contributed by atoms with E-state index in [1.165, 1.54) is 32.7 Å². The van der Waals surface area contributed by atoms with Gasteiger partial charge in [0.05, 0.1) is 5.69 Å². The number of rotatable bonds is 5. The summed E-state index contributed by atoms with van der Waals surface area (Å²) in [5.74, 6) is 0.579. The third-order valence-electron chi connectivity index (χ3n) is 9.49. The second-order valence-corrected chi connectivity index (χ2v) is 12.4. The minimum absolute atomic E-state index is 0.579. The fourth-order valence-electron chi connectivity index (χ4n) is 7.22. The van der Waals surface area contributed by atoms with E-state index >= 15 is 0 Å². The smallest absolute Gasteiger partial charge is 0.228 e. The molecule has 0 saturated heterocycles. The van der Waals surface area contributed by atoms with Crippen molar-refractivity contribution in [3.8, 4) is 22.6 Å². The van der Waals surface area contributed by atoms with Crippen LogP contribution in [0.5, 0.6) is 0 Å². The molecule has 0 N–H and O–H groups in total. The number of anilines is 3. The standard InChI is InChI=1S/C45H28N2O2/c1-3-14-34-29(10-1)12-7-16-35(34)31-22-24-32(25-23-31)47(40-19-8-13-30-11-2-4-15-36(30)40)33-26-27-41-38(28-33)44-37(17-9-21-43(44)48-41)45-46-39-18-5-6-20-42(39)49-45/h1-28H. The van der Waals surface area contributed by atoms with Gasteiger partial charge in [0.15, 0.2) is 5.58 Å². The highest BCUT2D eigenvalue weighted by Crippen LogP contribution is 2.44. The van der Waals surface area contributed by atoms with Gasteiger partial charge in [-0.25, -0.2) is 4.98 Å². The fourth-order valence-corrected chi connectivity index (χ4v) is 7.22. The molecule has 10 aromatic rings. The molecule has 0 radical (unpaired) electrons. The predicted molar refractivity (Wildman–Crippen MR) is 202 cm³/mol. The van der Waals surface area contributed by atoms with Crippen LogP contribution in [0.25, 0.3) is 77.2 Å². The predicted octanol–water partition coefficient (Wildman–Crippen LogP) is 12.8. The van der Waals surface area contributed by atoms with Crippen molar-refractivity contribution in [3.63, 3.8) is 0 Å². The Labute approximate surface area is 282 Å². The molecule has 8 aromatic carbocycles. The first-order valence-electron chi connectivity index (χ1n) is 16.5. The average Bonchev–Trinajstić information content (AvgIpc) is 3.77. The van der Waals surface area contributed by atoms with Crippen LogP contribution in [0.3, 0.4) is 0 Å². The van der Waals surface area contributed by atoms with Crippen LogP contribution in [-0.2, 0) is 0 Å². The Morgan fingerprint density at radius 3 is 1.94 bits per heavy atom. The summed E-state index contributed by atoms with van der Waals surface area (Å²) < 4.78 is 12.7. The molecular formula is C45H28N2O2. The number of furan rings is 1. The molecule has 4 heteroatoms. The van der Waals surface area contributed by atoms with Crippen molar-refractivity contribution in [1.29, 1.82) is 0 Å². The number of hydrogen-bond acceptors (Lipinski definition) is 4. The SMILES string of the molecule is c1ccc2c(-c3ccc(N(c4ccc5oc6cccc(-c7nc8ccccc8o7)c6c5c4)c4cccc5ccccc45)cc3)cccc2c1. The van der Waals surface area contributed by atoms with Gasteiger partial charge in [-0.2, -0.15) is 0 Å². The van der Waals surface area contributed by atoms with E-state index in [9.17, 15) is 0 Å². The summed E-state index contributed by atoms with van der Waals surface area (Å²) in [5, 5.41) is 6.82. The van der Waals surface area contributed by atoms with Crippen LogP contribution >= 0.6 is 0 Å². The molecule has 0 aliphatic rings. The van der Waals surface area contributed by atoms with Crippen molar-refractivity contribution < 1.29 is 8.83 Å². The molecule has 49 heavy (non-hydrogen) atoms. The van der Waals surface area contributed by atoms with E-state index in [0.717, 1.165) is 55.7 Å². The van der Waals surface area contributed by atoms with Gasteiger partial charge in [0.1, 0.15) is 16.7 Å². The largest absolute Gasteiger partial charge is 0.456 e. The van der Waals surface area contributed by atoms with Crippen LogP contribution in [-0.4, -0.2) is 4.98 Å². The lowest BCUT2D eigenvalue weighted by molar-refractivity contribution is 0.620. The number of aromatic nitrogens is 1. The van der Waals surface area contributed by atoms with Crippen molar-refractivity contribution in [2.24, 2.45) is 0 Å². The molecule has 0 aliphatic heterocycles. The highest BCUT2D eigenvalue weighted by Gasteiger charge is 2.20. The van der Waals surface area contributed by atoms with Crippen LogP contribution in [0.1, 0.15) is 0 Å². The summed E-state index contributed by atoms with van der Waals surface area (Å²) in [7, 11) is 0. The van der Waals surface area contributed by atoms with Gasteiger partial charge in [0.2, 0.25) is 5.89 Å². The molecule has 0 amide bonds. The zero-order chi connectivity index (χ0) is 32.3. The van der Waals surface area contributed by atoms with Crippen LogP contribution in [0, 0.1) is 0 Å². The first kappa shape index (κ1) is 27.5. The number of para-hydroxylation sites is 2. The average molecular weight is 629 g/mol. The Hall–Kier alpha value is -6.65. The van der Waals surface area contributed by atoms with Gasteiger partial charge >= 0.3 is 0 Å². The third kappa shape index (κ3) is 4.49. The molecule has 10 rings (SSSR count). The molecule has 0 unspecified atom stereocenters. The number of hydrogen-bond donors (Lipinski definition) is 0. The van der Waals surface area contributed by atoms with E-state index in [-0.39, 0.29) is 0 Å². The molecule has 0 aliphatic carbocycles. The van der Waals surface area contributed by atoms with Crippen LogP contribution < -0.4 is 4.90 Å². The highest BCUT2D eigenvalue weighted by molar-refractivity contribution is 6.13. The number of benzene rings is 8. The molecule has 2 aromatic heterocycles. The first-order valence-corrected chi connectivity index (χ1v) is 16.5. The van der Waals surface area contributed by atoms with Crippen molar-refractivity contribution in [3.05, 3.63) is 170 Å². The fraction of sp³-hybridized carbons (Fsp3) is 0. The van der Waals surface area contributed by atoms with E-state index < -0.39 is 0 Å².